The fourth-order valence-corrected chi connectivity index (χ4v) is 5.23. The number of aryl methyl sites for hydroxylation is 2. The van der Waals surface area contributed by atoms with Crippen LogP contribution in [0, 0.1) is 13.8 Å². The third kappa shape index (κ3) is 6.64. The highest BCUT2D eigenvalue weighted by atomic mass is 16.5. The molecule has 3 aromatic heterocycles. The Labute approximate surface area is 244 Å². The first-order valence-corrected chi connectivity index (χ1v) is 14.1. The summed E-state index contributed by atoms with van der Waals surface area (Å²) in [7, 11) is 3.15. The second-order valence-electron chi connectivity index (χ2n) is 10.4. The van der Waals surface area contributed by atoms with Gasteiger partial charge in [0.15, 0.2) is 23.3 Å². The zero-order chi connectivity index (χ0) is 29.6. The molecule has 0 unspecified atom stereocenters. The van der Waals surface area contributed by atoms with E-state index in [1.54, 1.807) is 38.5 Å². The number of carbonyl (C=O) groups excluding carboxylic acids is 2. The van der Waals surface area contributed by atoms with Crippen molar-refractivity contribution in [1.82, 2.24) is 30.4 Å². The largest absolute Gasteiger partial charge is 0.493 e. The molecule has 1 aliphatic carbocycles. The van der Waals surface area contributed by atoms with E-state index in [1.807, 2.05) is 32.0 Å². The molecule has 0 spiro atoms. The normalized spacial score (nSPS) is 14.1. The minimum atomic E-state index is -0.984. The fraction of sp³-hybridized carbons (Fsp3) is 0.433. The van der Waals surface area contributed by atoms with Crippen LogP contribution < -0.4 is 14.8 Å². The second kappa shape index (κ2) is 12.9. The summed E-state index contributed by atoms with van der Waals surface area (Å²) in [5.41, 5.74) is 0.908. The molecule has 12 heteroatoms. The van der Waals surface area contributed by atoms with Gasteiger partial charge in [-0.3, -0.25) is 9.59 Å². The third-order valence-corrected chi connectivity index (χ3v) is 7.39. The van der Waals surface area contributed by atoms with Crippen LogP contribution in [0.25, 0.3) is 11.6 Å². The maximum absolute atomic E-state index is 14.0. The van der Waals surface area contributed by atoms with E-state index in [0.29, 0.717) is 41.0 Å². The number of carbonyl (C=O) groups is 2. The standard InChI is InChI=1S/C30H36N6O6/c1-19-9-12-24(41-19)28(30(38)31-22-7-5-6-8-22)35(16-15-21-11-14-23(39-3)26(17-21)40-4)27(37)18-36-33-29(32-34-36)25-13-10-20(2)42-25/h9-14,17,22,28H,5-8,15-16,18H2,1-4H3,(H,31,38)/t28-/m0/s1. The summed E-state index contributed by atoms with van der Waals surface area (Å²) >= 11 is 0. The van der Waals surface area contributed by atoms with Gasteiger partial charge in [0.1, 0.15) is 23.8 Å². The molecule has 12 nitrogen and oxygen atoms in total. The van der Waals surface area contributed by atoms with Gasteiger partial charge in [-0.05, 0) is 80.3 Å². The van der Waals surface area contributed by atoms with Crippen molar-refractivity contribution in [2.75, 3.05) is 20.8 Å². The van der Waals surface area contributed by atoms with Crippen LogP contribution in [0.1, 0.15) is 54.6 Å². The third-order valence-electron chi connectivity index (χ3n) is 7.39. The van der Waals surface area contributed by atoms with E-state index in [4.69, 9.17) is 18.3 Å². The molecule has 0 saturated heterocycles. The number of ether oxygens (including phenoxy) is 2. The van der Waals surface area contributed by atoms with Gasteiger partial charge in [-0.25, -0.2) is 0 Å². The van der Waals surface area contributed by atoms with Gasteiger partial charge in [-0.2, -0.15) is 4.80 Å². The van der Waals surface area contributed by atoms with Crippen LogP contribution in [0.5, 0.6) is 11.5 Å². The molecule has 1 aromatic carbocycles. The summed E-state index contributed by atoms with van der Waals surface area (Å²) in [5.74, 6) is 3.01. The van der Waals surface area contributed by atoms with E-state index in [2.05, 4.69) is 20.7 Å². The molecular formula is C30H36N6O6. The van der Waals surface area contributed by atoms with Gasteiger partial charge in [0, 0.05) is 12.6 Å². The van der Waals surface area contributed by atoms with Gasteiger partial charge in [0.05, 0.1) is 14.2 Å². The Morgan fingerprint density at radius 2 is 1.76 bits per heavy atom. The molecule has 222 valence electrons. The van der Waals surface area contributed by atoms with Gasteiger partial charge in [0.25, 0.3) is 5.91 Å². The minimum Gasteiger partial charge on any atom is -0.493 e. The van der Waals surface area contributed by atoms with E-state index in [0.717, 1.165) is 31.2 Å². The molecule has 5 rings (SSSR count). The van der Waals surface area contributed by atoms with Gasteiger partial charge >= 0.3 is 0 Å². The summed E-state index contributed by atoms with van der Waals surface area (Å²) in [6.45, 7) is 3.62. The van der Waals surface area contributed by atoms with E-state index in [9.17, 15) is 9.59 Å². The monoisotopic (exact) mass is 576 g/mol. The van der Waals surface area contributed by atoms with Crippen molar-refractivity contribution in [3.05, 3.63) is 65.3 Å². The first-order valence-electron chi connectivity index (χ1n) is 14.1. The lowest BCUT2D eigenvalue weighted by atomic mass is 10.1. The molecule has 2 amide bonds. The summed E-state index contributed by atoms with van der Waals surface area (Å²) < 4.78 is 22.4. The number of methoxy groups -OCH3 is 2. The van der Waals surface area contributed by atoms with Crippen LogP contribution in [-0.2, 0) is 22.6 Å². The number of aromatic nitrogens is 4. The van der Waals surface area contributed by atoms with Crippen LogP contribution in [0.4, 0.5) is 0 Å². The Kier molecular flexibility index (Phi) is 8.89. The predicted octanol–water partition coefficient (Wildman–Crippen LogP) is 4.03. The summed E-state index contributed by atoms with van der Waals surface area (Å²) in [4.78, 5) is 30.5. The highest BCUT2D eigenvalue weighted by molar-refractivity contribution is 5.88. The van der Waals surface area contributed by atoms with Crippen molar-refractivity contribution in [2.24, 2.45) is 0 Å². The number of amides is 2. The van der Waals surface area contributed by atoms with Gasteiger partial charge < -0.3 is 28.5 Å². The van der Waals surface area contributed by atoms with Crippen LogP contribution >= 0.6 is 0 Å². The van der Waals surface area contributed by atoms with Crippen molar-refractivity contribution < 1.29 is 27.9 Å². The lowest BCUT2D eigenvalue weighted by molar-refractivity contribution is -0.142. The Balaban J connectivity index is 1.44. The number of nitrogens with one attached hydrogen (secondary N) is 1. The molecule has 42 heavy (non-hydrogen) atoms. The molecule has 1 saturated carbocycles. The molecule has 3 heterocycles. The lowest BCUT2D eigenvalue weighted by Gasteiger charge is -2.30. The van der Waals surface area contributed by atoms with E-state index >= 15 is 0 Å². The molecule has 0 bridgehead atoms. The van der Waals surface area contributed by atoms with Crippen molar-refractivity contribution in [2.45, 2.75) is 64.6 Å². The molecule has 1 N–H and O–H groups in total. The van der Waals surface area contributed by atoms with E-state index in [-0.39, 0.29) is 36.8 Å². The molecule has 1 atom stereocenters. The van der Waals surface area contributed by atoms with Crippen LogP contribution in [-0.4, -0.2) is 63.7 Å². The zero-order valence-electron chi connectivity index (χ0n) is 24.3. The number of nitrogens with zero attached hydrogens (tertiary/aromatic N) is 5. The summed E-state index contributed by atoms with van der Waals surface area (Å²) in [5, 5.41) is 15.6. The molecule has 4 aromatic rings. The second-order valence-corrected chi connectivity index (χ2v) is 10.4. The molecule has 0 aliphatic heterocycles. The van der Waals surface area contributed by atoms with E-state index in [1.165, 1.54) is 9.70 Å². The quantitative estimate of drug-likeness (QED) is 0.265. The van der Waals surface area contributed by atoms with Crippen LogP contribution in [0.15, 0.2) is 51.3 Å². The predicted molar refractivity (Wildman–Crippen MR) is 152 cm³/mol. The Morgan fingerprint density at radius 1 is 1.02 bits per heavy atom. The highest BCUT2D eigenvalue weighted by Crippen LogP contribution is 2.30. The first kappa shape index (κ1) is 28.9. The lowest BCUT2D eigenvalue weighted by Crippen LogP contribution is -2.47. The smallest absolute Gasteiger partial charge is 0.250 e. The Bertz CT molecular complexity index is 1520. The number of hydrogen-bond donors (Lipinski definition) is 1. The van der Waals surface area contributed by atoms with Crippen molar-refractivity contribution in [3.8, 4) is 23.1 Å². The molecule has 1 aliphatic rings. The van der Waals surface area contributed by atoms with Gasteiger partial charge in [-0.1, -0.05) is 18.9 Å². The topological polar surface area (TPSA) is 138 Å². The first-order chi connectivity index (χ1) is 20.3. The maximum atomic E-state index is 14.0. The minimum absolute atomic E-state index is 0.0650. The van der Waals surface area contributed by atoms with Crippen molar-refractivity contribution in [3.63, 3.8) is 0 Å². The number of furan rings is 2. The van der Waals surface area contributed by atoms with Crippen LogP contribution in [0.3, 0.4) is 0 Å². The van der Waals surface area contributed by atoms with Crippen molar-refractivity contribution >= 4 is 11.8 Å². The average Bonchev–Trinajstić information content (AvgIpc) is 3.80. The number of rotatable bonds is 12. The van der Waals surface area contributed by atoms with Crippen LogP contribution in [0.2, 0.25) is 0 Å². The summed E-state index contributed by atoms with van der Waals surface area (Å²) in [6, 6.07) is 11.8. The highest BCUT2D eigenvalue weighted by Gasteiger charge is 2.35. The van der Waals surface area contributed by atoms with E-state index < -0.39 is 6.04 Å². The Morgan fingerprint density at radius 3 is 2.43 bits per heavy atom. The number of tetrazole rings is 1. The van der Waals surface area contributed by atoms with Gasteiger partial charge in [0.2, 0.25) is 11.7 Å². The number of hydrogen-bond acceptors (Lipinski definition) is 9. The molecular weight excluding hydrogens is 540 g/mol. The number of benzene rings is 1. The molecule has 0 radical (unpaired) electrons. The van der Waals surface area contributed by atoms with Gasteiger partial charge in [-0.15, -0.1) is 10.2 Å². The maximum Gasteiger partial charge on any atom is 0.250 e. The zero-order valence-corrected chi connectivity index (χ0v) is 24.3. The average molecular weight is 577 g/mol. The van der Waals surface area contributed by atoms with Crippen molar-refractivity contribution in [1.29, 1.82) is 0 Å². The molecule has 1 fully saturated rings. The summed E-state index contributed by atoms with van der Waals surface area (Å²) in [6.07, 6.45) is 4.39. The SMILES string of the molecule is COc1ccc(CCN(C(=O)Cn2nnc(-c3ccc(C)o3)n2)[C@H](C(=O)NC2CCCC2)c2ccc(C)o2)cc1OC. The Hall–Kier alpha value is -4.61. The fourth-order valence-electron chi connectivity index (χ4n) is 5.23.